The van der Waals surface area contributed by atoms with Crippen LogP contribution < -0.4 is 30.0 Å². The molecular formula is C68H91Cl2N13O11S2. The van der Waals surface area contributed by atoms with E-state index in [4.69, 9.17) is 47.7 Å². The minimum atomic E-state index is -4.25. The number of carbonyl (C=O) groups is 3. The van der Waals surface area contributed by atoms with Gasteiger partial charge in [0.05, 0.1) is 24.3 Å². The summed E-state index contributed by atoms with van der Waals surface area (Å²) in [6.07, 6.45) is 22.6. The van der Waals surface area contributed by atoms with Crippen LogP contribution in [0, 0.1) is 52.8 Å². The zero-order chi connectivity index (χ0) is 68.7. The standard InChI is InChI=1S/C32H41ClN6O4S.C18H20ClN3O3.C18H30N4O4S/c1-32(2)16-12-21(20-32)13-17-34-26-4-3-5-29(35-26)44(41,42)38-31(40)25-10-11-27(36-30(25)33)39-18-14-28(37-39)43-19-15-24(22-6-7-22)23-8-9-23;19-17-14(18(23)24)5-6-15(20-17)22-9-7-16(21-22)25-10-8-13(11-1-2-11)12-3-4-12;1-17(2,3)26-16(23)22-12-13(11-18(22,4)5)9-10-20-14-7-6-8-15(21-14)27(19,24)25/h3-5,10-11,14,18,21-24H,6-9,12-13,15-17,19-20H2,1-2H3,(H,34,35)(H,38,40);5-7,9,11-13H,1-4,8,10H2,(H,23,24);6-8,13H,9-12H2,1-5H3,(H,20,21)(H2,19,24,25). The van der Waals surface area contributed by atoms with Gasteiger partial charge < -0.3 is 34.9 Å². The molecule has 2 amide bonds. The highest BCUT2D eigenvalue weighted by molar-refractivity contribution is 7.90. The summed E-state index contributed by atoms with van der Waals surface area (Å²) in [5.41, 5.74) is -0.507. The van der Waals surface area contributed by atoms with Crippen molar-refractivity contribution in [1.29, 1.82) is 0 Å². The van der Waals surface area contributed by atoms with Gasteiger partial charge in [0.25, 0.3) is 26.0 Å². The number of anilines is 2. The third-order valence-electron chi connectivity index (χ3n) is 18.7. The van der Waals surface area contributed by atoms with E-state index in [-0.39, 0.29) is 43.1 Å². The Hall–Kier alpha value is -7.13. The van der Waals surface area contributed by atoms with Gasteiger partial charge in [-0.1, -0.05) is 49.2 Å². The van der Waals surface area contributed by atoms with E-state index in [1.54, 1.807) is 65.8 Å². The number of pyridine rings is 4. The van der Waals surface area contributed by atoms with Crippen molar-refractivity contribution in [2.75, 3.05) is 43.5 Å². The van der Waals surface area contributed by atoms with Crippen molar-refractivity contribution in [1.82, 2.24) is 49.1 Å². The van der Waals surface area contributed by atoms with Crippen LogP contribution in [0.15, 0.2) is 95.2 Å². The molecule has 520 valence electrons. The van der Waals surface area contributed by atoms with E-state index >= 15 is 0 Å². The van der Waals surface area contributed by atoms with Gasteiger partial charge in [0.2, 0.25) is 11.8 Å². The largest absolute Gasteiger partial charge is 0.478 e. The Bertz CT molecular complexity index is 3920. The summed E-state index contributed by atoms with van der Waals surface area (Å²) in [4.78, 5) is 54.8. The molecule has 6 aromatic heterocycles. The number of ether oxygens (including phenoxy) is 3. The lowest BCUT2D eigenvalue weighted by molar-refractivity contribution is 0.0130. The minimum absolute atomic E-state index is 0.0276. The molecule has 7 heterocycles. The van der Waals surface area contributed by atoms with E-state index in [1.807, 2.05) is 34.6 Å². The number of aromatic carboxylic acids is 1. The summed E-state index contributed by atoms with van der Waals surface area (Å²) in [7, 11) is -8.07. The average Bonchev–Trinajstić information content (AvgIpc) is 1.67. The van der Waals surface area contributed by atoms with Gasteiger partial charge in [0.1, 0.15) is 27.5 Å². The maximum atomic E-state index is 13.0. The smallest absolute Gasteiger partial charge is 0.410 e. The fourth-order valence-electron chi connectivity index (χ4n) is 13.3. The highest BCUT2D eigenvalue weighted by Gasteiger charge is 2.44. The number of nitrogens with zero attached hydrogens (tertiary/aromatic N) is 9. The first kappa shape index (κ1) is 71.6. The first-order valence-electron chi connectivity index (χ1n) is 33.4. The van der Waals surface area contributed by atoms with Crippen molar-refractivity contribution in [2.45, 2.75) is 172 Å². The number of carboxylic acids is 1. The van der Waals surface area contributed by atoms with Gasteiger partial charge in [-0.05, 0) is 239 Å². The Labute approximate surface area is 573 Å². The molecule has 1 saturated heterocycles. The Morgan fingerprint density at radius 2 is 1.12 bits per heavy atom. The number of carbonyl (C=O) groups excluding carboxylic acids is 2. The number of amides is 2. The third kappa shape index (κ3) is 20.5. The minimum Gasteiger partial charge on any atom is -0.478 e. The van der Waals surface area contributed by atoms with Gasteiger partial charge in [-0.2, -0.15) is 8.42 Å². The van der Waals surface area contributed by atoms with Gasteiger partial charge in [-0.3, -0.25) is 4.79 Å². The molecule has 6 N–H and O–H groups in total. The van der Waals surface area contributed by atoms with Crippen LogP contribution in [0.25, 0.3) is 11.6 Å². The summed E-state index contributed by atoms with van der Waals surface area (Å²) in [6, 6.07) is 18.8. The SMILES string of the molecule is CC(C)(C)OC(=O)N1CC(CCNc2cccc(S(N)(=O)=O)n2)CC1(C)C.CC1(C)CCC(CCNc2cccc(S(=O)(=O)NC(=O)c3ccc(-n4ccc(OCCC(C5CC5)C5CC5)n4)nc3Cl)n2)C1.O=C(O)c1ccc(-n2ccc(OCCC(C3CC3)C3CC3)n2)nc1Cl. The summed E-state index contributed by atoms with van der Waals surface area (Å²) in [5.74, 6) is 6.95. The number of likely N-dealkylation sites (tertiary alicyclic amines) is 1. The fourth-order valence-corrected chi connectivity index (χ4v) is 15.2. The molecule has 12 rings (SSSR count). The van der Waals surface area contributed by atoms with Crippen LogP contribution in [0.1, 0.15) is 172 Å². The van der Waals surface area contributed by atoms with Crippen molar-refractivity contribution < 1.29 is 50.5 Å². The van der Waals surface area contributed by atoms with Gasteiger partial charge in [-0.25, -0.2) is 57.2 Å². The molecule has 2 unspecified atom stereocenters. The zero-order valence-electron chi connectivity index (χ0n) is 55.8. The molecule has 96 heavy (non-hydrogen) atoms. The van der Waals surface area contributed by atoms with Crippen molar-refractivity contribution in [3.63, 3.8) is 0 Å². The van der Waals surface area contributed by atoms with Gasteiger partial charge in [-0.15, -0.1) is 10.2 Å². The van der Waals surface area contributed by atoms with E-state index in [1.165, 1.54) is 104 Å². The molecule has 0 spiro atoms. The topological polar surface area (TPSA) is 320 Å². The van der Waals surface area contributed by atoms with Crippen LogP contribution in [0.4, 0.5) is 16.4 Å². The molecule has 0 radical (unpaired) electrons. The highest BCUT2D eigenvalue weighted by atomic mass is 35.5. The maximum absolute atomic E-state index is 13.0. The second-order valence-corrected chi connectivity index (χ2v) is 32.7. The number of hydrogen-bond donors (Lipinski definition) is 5. The summed E-state index contributed by atoms with van der Waals surface area (Å²) >= 11 is 12.2. The third-order valence-corrected chi connectivity index (χ3v) is 21.3. The molecule has 0 bridgehead atoms. The van der Waals surface area contributed by atoms with E-state index in [2.05, 4.69) is 59.3 Å². The van der Waals surface area contributed by atoms with Crippen LogP contribution in [0.3, 0.4) is 0 Å². The van der Waals surface area contributed by atoms with Crippen LogP contribution in [-0.2, 0) is 24.8 Å². The predicted molar refractivity (Wildman–Crippen MR) is 365 cm³/mol. The van der Waals surface area contributed by atoms with Crippen LogP contribution in [-0.4, -0.2) is 128 Å². The predicted octanol–water partition coefficient (Wildman–Crippen LogP) is 12.7. The number of nitrogens with one attached hydrogen (secondary N) is 3. The summed E-state index contributed by atoms with van der Waals surface area (Å²) < 4.78 is 71.1. The molecular weight excluding hydrogens is 1310 g/mol. The van der Waals surface area contributed by atoms with E-state index < -0.39 is 37.5 Å². The number of aromatic nitrogens is 8. The number of sulfonamides is 2. The molecule has 1 aliphatic heterocycles. The first-order valence-corrected chi connectivity index (χ1v) is 37.2. The molecule has 6 aliphatic rings. The van der Waals surface area contributed by atoms with Crippen LogP contribution in [0.2, 0.25) is 10.3 Å². The Kier molecular flexibility index (Phi) is 22.6. The van der Waals surface area contributed by atoms with E-state index in [0.29, 0.717) is 85.1 Å². The van der Waals surface area contributed by atoms with Crippen molar-refractivity contribution in [3.05, 3.63) is 107 Å². The quantitative estimate of drug-likeness (QED) is 0.0299. The number of halogens is 2. The Morgan fingerprint density at radius 1 is 0.646 bits per heavy atom. The molecule has 0 aromatic carbocycles. The summed E-state index contributed by atoms with van der Waals surface area (Å²) in [5, 5.41) is 28.6. The zero-order valence-corrected chi connectivity index (χ0v) is 58.9. The highest BCUT2D eigenvalue weighted by Crippen LogP contribution is 2.52. The molecule has 24 nitrogen and oxygen atoms in total. The number of rotatable bonds is 27. The lowest BCUT2D eigenvalue weighted by atomic mass is 9.90. The monoisotopic (exact) mass is 1400 g/mol. The first-order chi connectivity index (χ1) is 45.5. The molecule has 5 saturated carbocycles. The van der Waals surface area contributed by atoms with Gasteiger partial charge in [0, 0.05) is 49.7 Å². The van der Waals surface area contributed by atoms with Crippen molar-refractivity contribution in [2.24, 2.45) is 57.9 Å². The van der Waals surface area contributed by atoms with E-state index in [0.717, 1.165) is 67.6 Å². The normalized spacial score (nSPS) is 19.0. The molecule has 28 heteroatoms. The molecule has 6 fully saturated rings. The lowest BCUT2D eigenvalue weighted by Crippen LogP contribution is -2.45. The Balaban J connectivity index is 0.000000166. The molecule has 6 aromatic rings. The fraction of sp³-hybridized carbons (Fsp3) is 0.574. The van der Waals surface area contributed by atoms with Crippen LogP contribution in [0.5, 0.6) is 11.8 Å². The van der Waals surface area contributed by atoms with E-state index in [9.17, 15) is 31.2 Å². The van der Waals surface area contributed by atoms with Crippen molar-refractivity contribution >= 4 is 72.9 Å². The number of primary sulfonamides is 1. The maximum Gasteiger partial charge on any atom is 0.410 e. The number of nitrogens with two attached hydrogens (primary N) is 1. The second kappa shape index (κ2) is 30.3. The lowest BCUT2D eigenvalue weighted by Gasteiger charge is -2.33. The summed E-state index contributed by atoms with van der Waals surface area (Å²) in [6.45, 7) is 17.5. The Morgan fingerprint density at radius 3 is 1.57 bits per heavy atom. The molecule has 2 atom stereocenters. The van der Waals surface area contributed by atoms with Crippen molar-refractivity contribution in [3.8, 4) is 23.4 Å². The average molecular weight is 1400 g/mol. The van der Waals surface area contributed by atoms with Gasteiger partial charge >= 0.3 is 12.1 Å². The second-order valence-electron chi connectivity index (χ2n) is 28.8. The van der Waals surface area contributed by atoms with Gasteiger partial charge in [0.15, 0.2) is 21.7 Å². The number of hydrogen-bond acceptors (Lipinski definition) is 18. The number of carboxylic acid groups (broad SMARTS) is 1. The molecule has 5 aliphatic carbocycles. The van der Waals surface area contributed by atoms with Crippen LogP contribution >= 0.6 is 23.2 Å².